The Morgan fingerprint density at radius 2 is 2.21 bits per heavy atom. The first-order valence-corrected chi connectivity index (χ1v) is 6.03. The summed E-state index contributed by atoms with van der Waals surface area (Å²) < 4.78 is 6.93. The molecule has 0 aliphatic rings. The minimum atomic E-state index is -0.850. The van der Waals surface area contributed by atoms with Crippen LogP contribution in [0, 0.1) is 0 Å². The Labute approximate surface area is 111 Å². The van der Waals surface area contributed by atoms with Crippen LogP contribution < -0.4 is 4.74 Å². The highest BCUT2D eigenvalue weighted by Gasteiger charge is 2.14. The van der Waals surface area contributed by atoms with Crippen molar-refractivity contribution >= 4 is 16.7 Å². The largest absolute Gasteiger partial charge is 0.497 e. The van der Waals surface area contributed by atoms with E-state index < -0.39 is 6.10 Å². The van der Waals surface area contributed by atoms with Crippen LogP contribution in [-0.2, 0) is 6.54 Å². The summed E-state index contributed by atoms with van der Waals surface area (Å²) in [5.41, 5.74) is 1.41. The second-order valence-corrected chi connectivity index (χ2v) is 4.47. The monoisotopic (exact) mass is 263 g/mol. The average Bonchev–Trinajstić information content (AvgIpc) is 2.76. The Hall–Kier alpha value is -1.85. The fourth-order valence-electron chi connectivity index (χ4n) is 2.12. The zero-order chi connectivity index (χ0) is 14.0. The lowest BCUT2D eigenvalue weighted by molar-refractivity contribution is 0.0821. The zero-order valence-corrected chi connectivity index (χ0v) is 11.0. The standard InChI is InChI=1S/C14H17NO4/c1-9(17)13-7-15(6-10(18)8-16)14-4-3-11(19-2)5-12(13)14/h3-5,7,10,16,18H,6,8H2,1-2H3. The number of ether oxygens (including phenoxy) is 1. The molecule has 0 aliphatic heterocycles. The van der Waals surface area contributed by atoms with Gasteiger partial charge < -0.3 is 19.5 Å². The second kappa shape index (κ2) is 5.42. The summed E-state index contributed by atoms with van der Waals surface area (Å²) in [5.74, 6) is 0.631. The van der Waals surface area contributed by atoms with E-state index >= 15 is 0 Å². The highest BCUT2D eigenvalue weighted by atomic mass is 16.5. The van der Waals surface area contributed by atoms with E-state index in [2.05, 4.69) is 0 Å². The number of aliphatic hydroxyl groups is 2. The van der Waals surface area contributed by atoms with Crippen molar-refractivity contribution < 1.29 is 19.7 Å². The third kappa shape index (κ3) is 2.62. The van der Waals surface area contributed by atoms with E-state index in [0.717, 1.165) is 10.9 Å². The van der Waals surface area contributed by atoms with Gasteiger partial charge in [0.2, 0.25) is 0 Å². The molecule has 0 bridgehead atoms. The van der Waals surface area contributed by atoms with Crippen LogP contribution in [0.25, 0.3) is 10.9 Å². The van der Waals surface area contributed by atoms with Crippen molar-refractivity contribution in [3.05, 3.63) is 30.0 Å². The van der Waals surface area contributed by atoms with Crippen molar-refractivity contribution in [1.29, 1.82) is 0 Å². The lowest BCUT2D eigenvalue weighted by Crippen LogP contribution is -2.19. The molecule has 102 valence electrons. The Balaban J connectivity index is 2.56. The second-order valence-electron chi connectivity index (χ2n) is 4.47. The van der Waals surface area contributed by atoms with Gasteiger partial charge in [0, 0.05) is 22.7 Å². The molecule has 1 aromatic carbocycles. The summed E-state index contributed by atoms with van der Waals surface area (Å²) in [6.07, 6.45) is 0.850. The number of nitrogens with zero attached hydrogens (tertiary/aromatic N) is 1. The maximum absolute atomic E-state index is 11.7. The highest BCUT2D eigenvalue weighted by Crippen LogP contribution is 2.26. The Kier molecular flexibility index (Phi) is 3.87. The van der Waals surface area contributed by atoms with Crippen molar-refractivity contribution in [3.8, 4) is 5.75 Å². The predicted octanol–water partition coefficient (Wildman–Crippen LogP) is 1.21. The van der Waals surface area contributed by atoms with Crippen molar-refractivity contribution in [2.75, 3.05) is 13.7 Å². The van der Waals surface area contributed by atoms with Gasteiger partial charge in [0.15, 0.2) is 5.78 Å². The number of rotatable bonds is 5. The zero-order valence-electron chi connectivity index (χ0n) is 11.0. The van der Waals surface area contributed by atoms with Gasteiger partial charge in [-0.3, -0.25) is 4.79 Å². The van der Waals surface area contributed by atoms with Crippen molar-refractivity contribution in [1.82, 2.24) is 4.57 Å². The van der Waals surface area contributed by atoms with Crippen LogP contribution in [-0.4, -0.2) is 40.4 Å². The highest BCUT2D eigenvalue weighted by molar-refractivity contribution is 6.07. The normalized spacial score (nSPS) is 12.6. The van der Waals surface area contributed by atoms with Gasteiger partial charge in [-0.1, -0.05) is 0 Å². The van der Waals surface area contributed by atoms with Crippen LogP contribution in [0.15, 0.2) is 24.4 Å². The van der Waals surface area contributed by atoms with Gasteiger partial charge in [-0.05, 0) is 25.1 Å². The summed E-state index contributed by atoms with van der Waals surface area (Å²) in [4.78, 5) is 11.7. The van der Waals surface area contributed by atoms with Crippen molar-refractivity contribution in [3.63, 3.8) is 0 Å². The number of carbonyl (C=O) groups excluding carboxylic acids is 1. The maximum atomic E-state index is 11.7. The van der Waals surface area contributed by atoms with Crippen LogP contribution in [0.2, 0.25) is 0 Å². The molecule has 1 atom stereocenters. The van der Waals surface area contributed by atoms with Crippen molar-refractivity contribution in [2.45, 2.75) is 19.6 Å². The van der Waals surface area contributed by atoms with E-state index in [1.54, 1.807) is 30.0 Å². The first-order chi connectivity index (χ1) is 9.06. The number of benzene rings is 1. The van der Waals surface area contributed by atoms with E-state index in [-0.39, 0.29) is 18.9 Å². The number of hydrogen-bond acceptors (Lipinski definition) is 4. The first-order valence-electron chi connectivity index (χ1n) is 6.03. The number of Topliss-reactive ketones (excluding diaryl/α,β-unsaturated/α-hetero) is 1. The van der Waals surface area contributed by atoms with Gasteiger partial charge in [0.1, 0.15) is 5.75 Å². The molecule has 0 aliphatic carbocycles. The van der Waals surface area contributed by atoms with E-state index in [1.165, 1.54) is 6.92 Å². The molecule has 1 heterocycles. The topological polar surface area (TPSA) is 71.7 Å². The van der Waals surface area contributed by atoms with Crippen molar-refractivity contribution in [2.24, 2.45) is 0 Å². The lowest BCUT2D eigenvalue weighted by atomic mass is 10.1. The van der Waals surface area contributed by atoms with E-state index in [9.17, 15) is 9.90 Å². The average molecular weight is 263 g/mol. The number of carbonyl (C=O) groups is 1. The van der Waals surface area contributed by atoms with Gasteiger partial charge in [0.05, 0.1) is 26.4 Å². The molecule has 0 saturated carbocycles. The molecule has 5 nitrogen and oxygen atoms in total. The molecule has 1 unspecified atom stereocenters. The third-order valence-electron chi connectivity index (χ3n) is 3.09. The molecule has 2 rings (SSSR count). The molecule has 0 saturated heterocycles. The minimum absolute atomic E-state index is 0.0458. The first kappa shape index (κ1) is 13.6. The van der Waals surface area contributed by atoms with Crippen LogP contribution in [0.3, 0.4) is 0 Å². The molecule has 5 heteroatoms. The summed E-state index contributed by atoms with van der Waals surface area (Å²) in [6.45, 7) is 1.43. The number of aromatic nitrogens is 1. The Morgan fingerprint density at radius 3 is 2.79 bits per heavy atom. The molecule has 0 radical (unpaired) electrons. The molecule has 19 heavy (non-hydrogen) atoms. The predicted molar refractivity (Wildman–Crippen MR) is 71.6 cm³/mol. The fourth-order valence-corrected chi connectivity index (χ4v) is 2.12. The van der Waals surface area contributed by atoms with E-state index in [0.29, 0.717) is 11.3 Å². The number of ketones is 1. The number of fused-ring (bicyclic) bond motifs is 1. The number of methoxy groups -OCH3 is 1. The molecule has 2 aromatic rings. The molecule has 0 spiro atoms. The van der Waals surface area contributed by atoms with E-state index in [4.69, 9.17) is 9.84 Å². The fraction of sp³-hybridized carbons (Fsp3) is 0.357. The minimum Gasteiger partial charge on any atom is -0.497 e. The summed E-state index contributed by atoms with van der Waals surface area (Å²) in [5, 5.41) is 19.2. The SMILES string of the molecule is COc1ccc2c(c1)c(C(C)=O)cn2CC(O)CO. The van der Waals surface area contributed by atoms with E-state index in [1.807, 2.05) is 6.07 Å². The molecular formula is C14H17NO4. The van der Waals surface area contributed by atoms with Gasteiger partial charge in [0.25, 0.3) is 0 Å². The van der Waals surface area contributed by atoms with Gasteiger partial charge in [-0.15, -0.1) is 0 Å². The summed E-state index contributed by atoms with van der Waals surface area (Å²) in [6, 6.07) is 5.44. The van der Waals surface area contributed by atoms with Crippen LogP contribution >= 0.6 is 0 Å². The van der Waals surface area contributed by atoms with Gasteiger partial charge in [-0.25, -0.2) is 0 Å². The number of aliphatic hydroxyl groups excluding tert-OH is 2. The molecule has 1 aromatic heterocycles. The van der Waals surface area contributed by atoms with Crippen LogP contribution in [0.5, 0.6) is 5.75 Å². The number of hydrogen-bond donors (Lipinski definition) is 2. The quantitative estimate of drug-likeness (QED) is 0.795. The molecular weight excluding hydrogens is 246 g/mol. The maximum Gasteiger partial charge on any atom is 0.161 e. The lowest BCUT2D eigenvalue weighted by Gasteiger charge is -2.09. The summed E-state index contributed by atoms with van der Waals surface area (Å²) in [7, 11) is 1.57. The summed E-state index contributed by atoms with van der Waals surface area (Å²) >= 11 is 0. The Bertz CT molecular complexity index is 603. The van der Waals surface area contributed by atoms with Gasteiger partial charge in [-0.2, -0.15) is 0 Å². The smallest absolute Gasteiger partial charge is 0.161 e. The Morgan fingerprint density at radius 1 is 1.47 bits per heavy atom. The van der Waals surface area contributed by atoms with Crippen LogP contribution in [0.4, 0.5) is 0 Å². The molecule has 0 amide bonds. The van der Waals surface area contributed by atoms with Gasteiger partial charge >= 0.3 is 0 Å². The van der Waals surface area contributed by atoms with Crippen LogP contribution in [0.1, 0.15) is 17.3 Å². The molecule has 0 fully saturated rings. The molecule has 2 N–H and O–H groups in total. The third-order valence-corrected chi connectivity index (χ3v) is 3.09.